The van der Waals surface area contributed by atoms with Crippen molar-refractivity contribution in [3.8, 4) is 0 Å². The zero-order chi connectivity index (χ0) is 24.0. The molecule has 0 saturated carbocycles. The molecular weight excluding hydrogens is 466 g/mol. The van der Waals surface area contributed by atoms with Crippen LogP contribution in [0, 0.1) is 0 Å². The summed E-state index contributed by atoms with van der Waals surface area (Å²) in [6, 6.07) is 0.843. The number of aromatic nitrogens is 2. The lowest BCUT2D eigenvalue weighted by atomic mass is 9.95. The molecule has 0 spiro atoms. The molecule has 33 heavy (non-hydrogen) atoms. The van der Waals surface area contributed by atoms with Gasteiger partial charge in [-0.3, -0.25) is 18.7 Å². The Morgan fingerprint density at radius 2 is 1.82 bits per heavy atom. The molecule has 182 valence electrons. The number of hydrogen-bond acceptors (Lipinski definition) is 7. The van der Waals surface area contributed by atoms with Crippen molar-refractivity contribution in [3.05, 3.63) is 37.9 Å². The molecule has 2 aliphatic rings. The molecule has 1 unspecified atom stereocenters. The Kier molecular flexibility index (Phi) is 6.47. The minimum atomic E-state index is -4.70. The van der Waals surface area contributed by atoms with Crippen molar-refractivity contribution in [2.75, 3.05) is 44.4 Å². The summed E-state index contributed by atoms with van der Waals surface area (Å²) in [6.45, 7) is 4.32. The van der Waals surface area contributed by atoms with Crippen LogP contribution in [0.4, 0.5) is 18.9 Å². The molecule has 13 heteroatoms. The first-order chi connectivity index (χ1) is 15.6. The first-order valence-electron chi connectivity index (χ1n) is 10.8. The van der Waals surface area contributed by atoms with E-state index < -0.39 is 36.2 Å². The van der Waals surface area contributed by atoms with Crippen molar-refractivity contribution in [3.63, 3.8) is 0 Å². The number of ether oxygens (including phenoxy) is 1. The van der Waals surface area contributed by atoms with Crippen LogP contribution in [0.1, 0.15) is 37.2 Å². The number of anilines is 1. The van der Waals surface area contributed by atoms with Gasteiger partial charge in [-0.2, -0.15) is 13.2 Å². The number of morpholine rings is 1. The van der Waals surface area contributed by atoms with Crippen LogP contribution in [0.15, 0.2) is 15.7 Å². The second kappa shape index (κ2) is 8.90. The fourth-order valence-corrected chi connectivity index (χ4v) is 6.72. The highest BCUT2D eigenvalue weighted by molar-refractivity contribution is 7.54. The largest absolute Gasteiger partial charge is 0.418 e. The zero-order valence-corrected chi connectivity index (χ0v) is 19.1. The van der Waals surface area contributed by atoms with Crippen molar-refractivity contribution >= 4 is 24.3 Å². The maximum absolute atomic E-state index is 14.1. The lowest BCUT2D eigenvalue weighted by Gasteiger charge is -2.37. The third-order valence-corrected chi connectivity index (χ3v) is 8.29. The molecule has 1 aromatic heterocycles. The number of rotatable bonds is 6. The highest BCUT2D eigenvalue weighted by atomic mass is 31.2. The summed E-state index contributed by atoms with van der Waals surface area (Å²) in [5.74, 6) is -1.13. The lowest BCUT2D eigenvalue weighted by Crippen LogP contribution is -2.42. The van der Waals surface area contributed by atoms with Crippen LogP contribution < -0.4 is 16.0 Å². The molecular formula is C20H25F3N3O6P. The minimum absolute atomic E-state index is 0.0153. The predicted molar refractivity (Wildman–Crippen MR) is 115 cm³/mol. The maximum atomic E-state index is 14.1. The number of halogens is 3. The number of hydrogen-bond donors (Lipinski definition) is 1. The van der Waals surface area contributed by atoms with Gasteiger partial charge in [0, 0.05) is 18.7 Å². The Balaban J connectivity index is 2.07. The standard InChI is InChI=1S/C20H25F3N3O6P/c1-3-31-33(29,32-4-2)15-6-5-12-16(25-7-9-30-10-8-25)13(20(21,22)23)11-14-17(12)26(15)19(28)18(27)24-14/h11,15H,3-10H2,1-2H3,(H,24,27). The van der Waals surface area contributed by atoms with Crippen LogP contribution in [0.3, 0.4) is 0 Å². The van der Waals surface area contributed by atoms with Gasteiger partial charge in [0.2, 0.25) is 0 Å². The van der Waals surface area contributed by atoms with Crippen molar-refractivity contribution in [2.45, 2.75) is 38.6 Å². The van der Waals surface area contributed by atoms with Crippen LogP contribution in [0.5, 0.6) is 0 Å². The van der Waals surface area contributed by atoms with Crippen LogP contribution in [0.25, 0.3) is 11.0 Å². The van der Waals surface area contributed by atoms with Gasteiger partial charge >= 0.3 is 24.9 Å². The number of nitrogens with zero attached hydrogens (tertiary/aromatic N) is 2. The monoisotopic (exact) mass is 491 g/mol. The van der Waals surface area contributed by atoms with Crippen LogP contribution in [-0.4, -0.2) is 49.1 Å². The van der Waals surface area contributed by atoms with Gasteiger partial charge in [-0.25, -0.2) is 0 Å². The second-order valence-electron chi connectivity index (χ2n) is 7.77. The summed E-state index contributed by atoms with van der Waals surface area (Å²) >= 11 is 0. The molecule has 2 aliphatic heterocycles. The van der Waals surface area contributed by atoms with Crippen molar-refractivity contribution < 1.29 is 31.5 Å². The van der Waals surface area contributed by atoms with Crippen LogP contribution in [0.2, 0.25) is 0 Å². The molecule has 1 fully saturated rings. The molecule has 9 nitrogen and oxygen atoms in total. The van der Waals surface area contributed by atoms with E-state index in [1.54, 1.807) is 18.7 Å². The van der Waals surface area contributed by atoms with E-state index in [9.17, 15) is 27.3 Å². The van der Waals surface area contributed by atoms with E-state index in [4.69, 9.17) is 13.8 Å². The summed E-state index contributed by atoms with van der Waals surface area (Å²) in [5.41, 5.74) is -2.82. The van der Waals surface area contributed by atoms with E-state index in [0.29, 0.717) is 0 Å². The van der Waals surface area contributed by atoms with E-state index in [-0.39, 0.29) is 74.6 Å². The number of alkyl halides is 3. The van der Waals surface area contributed by atoms with E-state index in [1.807, 2.05) is 0 Å². The fourth-order valence-electron chi connectivity index (χ4n) is 4.63. The number of nitrogens with one attached hydrogen (secondary N) is 1. The SMILES string of the molecule is CCOP(=O)(OCC)C1CCc2c(N3CCOCC3)c(C(F)(F)F)cc3[nH]c(=O)c(=O)n1c23. The second-order valence-corrected chi connectivity index (χ2v) is 9.96. The topological polar surface area (TPSA) is 103 Å². The van der Waals surface area contributed by atoms with Gasteiger partial charge in [0.05, 0.1) is 48.7 Å². The summed E-state index contributed by atoms with van der Waals surface area (Å²) in [7, 11) is -3.90. The average Bonchev–Trinajstić information content (AvgIpc) is 2.77. The molecule has 1 atom stereocenters. The Morgan fingerprint density at radius 1 is 1.18 bits per heavy atom. The van der Waals surface area contributed by atoms with Crippen molar-refractivity contribution in [2.24, 2.45) is 0 Å². The van der Waals surface area contributed by atoms with E-state index in [0.717, 1.165) is 10.6 Å². The number of aromatic amines is 1. The van der Waals surface area contributed by atoms with E-state index in [2.05, 4.69) is 4.98 Å². The minimum Gasteiger partial charge on any atom is -0.378 e. The number of H-pyrrole nitrogens is 1. The Labute approximate surface area is 187 Å². The summed E-state index contributed by atoms with van der Waals surface area (Å²) < 4.78 is 73.1. The summed E-state index contributed by atoms with van der Waals surface area (Å²) in [5, 5.41) is 0. The maximum Gasteiger partial charge on any atom is 0.418 e. The molecule has 0 radical (unpaired) electrons. The molecule has 3 heterocycles. The highest BCUT2D eigenvalue weighted by Crippen LogP contribution is 2.62. The van der Waals surface area contributed by atoms with Gasteiger partial charge in [0.1, 0.15) is 5.78 Å². The van der Waals surface area contributed by atoms with E-state index in [1.165, 1.54) is 0 Å². The summed E-state index contributed by atoms with van der Waals surface area (Å²) in [4.78, 5) is 29.3. The quantitative estimate of drug-likeness (QED) is 0.489. The molecule has 0 bridgehead atoms. The zero-order valence-electron chi connectivity index (χ0n) is 18.2. The average molecular weight is 491 g/mol. The lowest BCUT2D eigenvalue weighted by molar-refractivity contribution is -0.137. The van der Waals surface area contributed by atoms with Crippen LogP contribution >= 0.6 is 7.60 Å². The van der Waals surface area contributed by atoms with Crippen LogP contribution in [-0.2, 0) is 30.9 Å². The van der Waals surface area contributed by atoms with E-state index >= 15 is 0 Å². The van der Waals surface area contributed by atoms with Gasteiger partial charge in [-0.1, -0.05) is 0 Å². The molecule has 1 aromatic carbocycles. The molecule has 2 aromatic rings. The predicted octanol–water partition coefficient (Wildman–Crippen LogP) is 3.26. The summed E-state index contributed by atoms with van der Waals surface area (Å²) in [6.07, 6.45) is -4.59. The van der Waals surface area contributed by atoms with Gasteiger partial charge in [0.15, 0.2) is 0 Å². The molecule has 1 saturated heterocycles. The molecule has 0 aliphatic carbocycles. The highest BCUT2D eigenvalue weighted by Gasteiger charge is 2.44. The molecule has 0 amide bonds. The normalized spacial score (nSPS) is 19.3. The van der Waals surface area contributed by atoms with Crippen molar-refractivity contribution in [1.82, 2.24) is 9.55 Å². The van der Waals surface area contributed by atoms with Gasteiger partial charge in [-0.05, 0) is 32.8 Å². The first-order valence-corrected chi connectivity index (χ1v) is 12.4. The van der Waals surface area contributed by atoms with Crippen molar-refractivity contribution in [1.29, 1.82) is 0 Å². The first kappa shape index (κ1) is 24.0. The number of benzene rings is 1. The smallest absolute Gasteiger partial charge is 0.378 e. The Morgan fingerprint density at radius 3 is 2.39 bits per heavy atom. The van der Waals surface area contributed by atoms with Gasteiger partial charge < -0.3 is 23.7 Å². The van der Waals surface area contributed by atoms with Gasteiger partial charge in [0.25, 0.3) is 0 Å². The Bertz CT molecular complexity index is 1210. The molecule has 1 N–H and O–H groups in total. The Hall–Kier alpha value is -2.14. The van der Waals surface area contributed by atoms with Gasteiger partial charge in [-0.15, -0.1) is 0 Å². The molecule has 4 rings (SSSR count). The third-order valence-electron chi connectivity index (χ3n) is 5.84. The fraction of sp³-hybridized carbons (Fsp3) is 0.600. The number of aryl methyl sites for hydroxylation is 1. The third kappa shape index (κ3) is 4.14.